The van der Waals surface area contributed by atoms with E-state index in [1.165, 1.54) is 42.0 Å². The molecule has 0 bridgehead atoms. The molecule has 0 unspecified atom stereocenters. The summed E-state index contributed by atoms with van der Waals surface area (Å²) in [5, 5.41) is 2.73. The third-order valence-electron chi connectivity index (χ3n) is 4.31. The van der Waals surface area contributed by atoms with Crippen molar-refractivity contribution < 1.29 is 0 Å². The molecule has 1 heteroatoms. The average Bonchev–Trinajstić information content (AvgIpc) is 2.88. The first-order valence-corrected chi connectivity index (χ1v) is 6.54. The van der Waals surface area contributed by atoms with E-state index in [-0.39, 0.29) is 5.41 Å². The van der Waals surface area contributed by atoms with Crippen LogP contribution < -0.4 is 5.73 Å². The fourth-order valence-electron chi connectivity index (χ4n) is 3.32. The smallest absolute Gasteiger partial charge is 0.00817 e. The Morgan fingerprint density at radius 1 is 0.941 bits per heavy atom. The molecule has 2 N–H and O–H groups in total. The molecule has 2 aromatic rings. The fraction of sp³-hybridized carbons (Fsp3) is 0.375. The van der Waals surface area contributed by atoms with Gasteiger partial charge in [0.25, 0.3) is 0 Å². The second-order valence-electron chi connectivity index (χ2n) is 5.22. The van der Waals surface area contributed by atoms with Crippen molar-refractivity contribution in [3.05, 3.63) is 48.0 Å². The predicted molar refractivity (Wildman–Crippen MR) is 73.1 cm³/mol. The van der Waals surface area contributed by atoms with Gasteiger partial charge in [0.05, 0.1) is 0 Å². The Kier molecular flexibility index (Phi) is 2.64. The second kappa shape index (κ2) is 4.15. The minimum absolute atomic E-state index is 0.237. The standard InChI is InChI=1S/C16H19N/c17-12-16(10-3-4-11-16)15-9-5-7-13-6-1-2-8-14(13)15/h1-2,5-9H,3-4,10-12,17H2. The first-order valence-electron chi connectivity index (χ1n) is 6.54. The Balaban J connectivity index is 2.22. The zero-order valence-electron chi connectivity index (χ0n) is 10.2. The summed E-state index contributed by atoms with van der Waals surface area (Å²) in [6.07, 6.45) is 5.13. The lowest BCUT2D eigenvalue weighted by molar-refractivity contribution is 0.457. The van der Waals surface area contributed by atoms with Crippen LogP contribution in [0.15, 0.2) is 42.5 Å². The third-order valence-corrected chi connectivity index (χ3v) is 4.31. The molecule has 0 aromatic heterocycles. The summed E-state index contributed by atoms with van der Waals surface area (Å²) >= 11 is 0. The maximum atomic E-state index is 6.09. The molecular weight excluding hydrogens is 206 g/mol. The maximum absolute atomic E-state index is 6.09. The van der Waals surface area contributed by atoms with E-state index < -0.39 is 0 Å². The zero-order chi connectivity index (χ0) is 11.7. The van der Waals surface area contributed by atoms with Gasteiger partial charge in [-0.2, -0.15) is 0 Å². The van der Waals surface area contributed by atoms with E-state index in [4.69, 9.17) is 5.73 Å². The van der Waals surface area contributed by atoms with Crippen molar-refractivity contribution in [2.45, 2.75) is 31.1 Å². The molecule has 0 aliphatic heterocycles. The minimum Gasteiger partial charge on any atom is -0.330 e. The van der Waals surface area contributed by atoms with Crippen molar-refractivity contribution in [3.8, 4) is 0 Å². The highest BCUT2D eigenvalue weighted by atomic mass is 14.6. The van der Waals surface area contributed by atoms with Crippen LogP contribution in [0.4, 0.5) is 0 Å². The molecule has 0 spiro atoms. The van der Waals surface area contributed by atoms with Crippen molar-refractivity contribution >= 4 is 10.8 Å². The van der Waals surface area contributed by atoms with Crippen LogP contribution in [0.2, 0.25) is 0 Å². The summed E-state index contributed by atoms with van der Waals surface area (Å²) in [5.74, 6) is 0. The van der Waals surface area contributed by atoms with Gasteiger partial charge in [0, 0.05) is 12.0 Å². The number of hydrogen-bond acceptors (Lipinski definition) is 1. The minimum atomic E-state index is 0.237. The Morgan fingerprint density at radius 2 is 1.65 bits per heavy atom. The van der Waals surface area contributed by atoms with Crippen molar-refractivity contribution in [2.75, 3.05) is 6.54 Å². The highest BCUT2D eigenvalue weighted by Gasteiger charge is 2.35. The van der Waals surface area contributed by atoms with Gasteiger partial charge in [-0.25, -0.2) is 0 Å². The van der Waals surface area contributed by atoms with Gasteiger partial charge in [-0.3, -0.25) is 0 Å². The molecule has 1 aliphatic carbocycles. The van der Waals surface area contributed by atoms with Gasteiger partial charge in [-0.15, -0.1) is 0 Å². The van der Waals surface area contributed by atoms with E-state index in [1.807, 2.05) is 0 Å². The van der Waals surface area contributed by atoms with Crippen molar-refractivity contribution in [3.63, 3.8) is 0 Å². The number of nitrogens with two attached hydrogens (primary N) is 1. The molecule has 17 heavy (non-hydrogen) atoms. The van der Waals surface area contributed by atoms with Crippen LogP contribution in [0.3, 0.4) is 0 Å². The molecule has 0 heterocycles. The highest BCUT2D eigenvalue weighted by molar-refractivity contribution is 5.86. The number of hydrogen-bond donors (Lipinski definition) is 1. The van der Waals surface area contributed by atoms with Crippen molar-refractivity contribution in [2.24, 2.45) is 5.73 Å². The van der Waals surface area contributed by atoms with E-state index >= 15 is 0 Å². The van der Waals surface area contributed by atoms with Gasteiger partial charge in [-0.1, -0.05) is 55.3 Å². The molecule has 0 radical (unpaired) electrons. The summed E-state index contributed by atoms with van der Waals surface area (Å²) in [5.41, 5.74) is 7.80. The van der Waals surface area contributed by atoms with Crippen molar-refractivity contribution in [1.29, 1.82) is 0 Å². The molecule has 0 saturated heterocycles. The van der Waals surface area contributed by atoms with Crippen LogP contribution in [-0.2, 0) is 5.41 Å². The summed E-state index contributed by atoms with van der Waals surface area (Å²) in [4.78, 5) is 0. The number of benzene rings is 2. The summed E-state index contributed by atoms with van der Waals surface area (Å²) in [6, 6.07) is 15.3. The van der Waals surface area contributed by atoms with Crippen LogP contribution in [0.1, 0.15) is 31.2 Å². The molecule has 1 fully saturated rings. The molecule has 88 valence electrons. The zero-order valence-corrected chi connectivity index (χ0v) is 10.2. The summed E-state index contributed by atoms with van der Waals surface area (Å²) < 4.78 is 0. The van der Waals surface area contributed by atoms with Gasteiger partial charge < -0.3 is 5.73 Å². The van der Waals surface area contributed by atoms with Gasteiger partial charge >= 0.3 is 0 Å². The van der Waals surface area contributed by atoms with E-state index in [0.717, 1.165) is 6.54 Å². The first kappa shape index (κ1) is 10.8. The Bertz CT molecular complexity index is 519. The van der Waals surface area contributed by atoms with E-state index in [1.54, 1.807) is 0 Å². The van der Waals surface area contributed by atoms with E-state index in [0.29, 0.717) is 0 Å². The van der Waals surface area contributed by atoms with Gasteiger partial charge in [-0.05, 0) is 29.2 Å². The number of rotatable bonds is 2. The Labute approximate surface area is 103 Å². The third kappa shape index (κ3) is 1.66. The molecule has 1 aliphatic rings. The predicted octanol–water partition coefficient (Wildman–Crippen LogP) is 3.61. The van der Waals surface area contributed by atoms with Crippen LogP contribution >= 0.6 is 0 Å². The Morgan fingerprint density at radius 3 is 2.41 bits per heavy atom. The lowest BCUT2D eigenvalue weighted by Crippen LogP contribution is -2.32. The van der Waals surface area contributed by atoms with Crippen molar-refractivity contribution in [1.82, 2.24) is 0 Å². The van der Waals surface area contributed by atoms with E-state index in [2.05, 4.69) is 42.5 Å². The van der Waals surface area contributed by atoms with E-state index in [9.17, 15) is 0 Å². The molecule has 1 nitrogen and oxygen atoms in total. The normalized spacial score (nSPS) is 18.6. The average molecular weight is 225 g/mol. The topological polar surface area (TPSA) is 26.0 Å². The number of fused-ring (bicyclic) bond motifs is 1. The lowest BCUT2D eigenvalue weighted by Gasteiger charge is -2.29. The lowest BCUT2D eigenvalue weighted by atomic mass is 9.77. The monoisotopic (exact) mass is 225 g/mol. The van der Waals surface area contributed by atoms with Gasteiger partial charge in [0.2, 0.25) is 0 Å². The summed E-state index contributed by atoms with van der Waals surface area (Å²) in [6.45, 7) is 0.779. The maximum Gasteiger partial charge on any atom is 0.00817 e. The highest BCUT2D eigenvalue weighted by Crippen LogP contribution is 2.42. The SMILES string of the molecule is NCC1(c2cccc3ccccc23)CCCC1. The van der Waals surface area contributed by atoms with Crippen LogP contribution in [0, 0.1) is 0 Å². The molecule has 0 atom stereocenters. The summed E-state index contributed by atoms with van der Waals surface area (Å²) in [7, 11) is 0. The molecule has 3 rings (SSSR count). The van der Waals surface area contributed by atoms with Gasteiger partial charge in [0.15, 0.2) is 0 Å². The van der Waals surface area contributed by atoms with Gasteiger partial charge in [0.1, 0.15) is 0 Å². The quantitative estimate of drug-likeness (QED) is 0.830. The van der Waals surface area contributed by atoms with Crippen LogP contribution in [0.25, 0.3) is 10.8 Å². The van der Waals surface area contributed by atoms with Crippen LogP contribution in [-0.4, -0.2) is 6.54 Å². The fourth-order valence-corrected chi connectivity index (χ4v) is 3.32. The molecule has 0 amide bonds. The first-order chi connectivity index (χ1) is 8.36. The molecule has 1 saturated carbocycles. The molecular formula is C16H19N. The second-order valence-corrected chi connectivity index (χ2v) is 5.22. The largest absolute Gasteiger partial charge is 0.330 e. The Hall–Kier alpha value is -1.34. The molecule has 2 aromatic carbocycles. The van der Waals surface area contributed by atoms with Crippen LogP contribution in [0.5, 0.6) is 0 Å².